The molecule has 0 spiro atoms. The van der Waals surface area contributed by atoms with E-state index in [-0.39, 0.29) is 55.6 Å². The number of nitrogens with zero attached hydrogens (tertiary/aromatic N) is 3. The number of nitrogens with one attached hydrogen (secondary N) is 3. The van der Waals surface area contributed by atoms with E-state index in [1.165, 1.54) is 17.0 Å². The monoisotopic (exact) mass is 818 g/mol. The van der Waals surface area contributed by atoms with Crippen molar-refractivity contribution in [2.75, 3.05) is 26.3 Å². The molecule has 3 aliphatic heterocycles. The van der Waals surface area contributed by atoms with Gasteiger partial charge in [0.1, 0.15) is 41.6 Å². The maximum absolute atomic E-state index is 15.3. The third kappa shape index (κ3) is 8.45. The second-order valence-electron chi connectivity index (χ2n) is 16.8. The number of allylic oxidation sites excluding steroid dienone is 1. The van der Waals surface area contributed by atoms with Crippen molar-refractivity contribution in [1.82, 2.24) is 30.2 Å². The molecule has 3 fully saturated rings. The lowest BCUT2D eigenvalue weighted by atomic mass is 9.96. The first-order chi connectivity index (χ1) is 27.7. The van der Waals surface area contributed by atoms with Gasteiger partial charge in [0.25, 0.3) is 5.91 Å². The predicted molar refractivity (Wildman–Crippen MR) is 208 cm³/mol. The van der Waals surface area contributed by atoms with Crippen molar-refractivity contribution in [2.45, 2.75) is 88.1 Å². The lowest BCUT2D eigenvalue weighted by molar-refractivity contribution is -0.134. The van der Waals surface area contributed by atoms with Crippen molar-refractivity contribution >= 4 is 44.9 Å². The molecular formula is C41H47FN6O9S. The maximum atomic E-state index is 15.3. The molecule has 1 saturated heterocycles. The van der Waals surface area contributed by atoms with E-state index in [1.807, 2.05) is 26.0 Å². The minimum Gasteiger partial charge on any atom is -0.493 e. The zero-order valence-electron chi connectivity index (χ0n) is 32.4. The second-order valence-corrected chi connectivity index (χ2v) is 18.7. The van der Waals surface area contributed by atoms with Gasteiger partial charge < -0.3 is 29.7 Å². The lowest BCUT2D eigenvalue weighted by Gasteiger charge is -2.27. The first kappa shape index (κ1) is 39.5. The van der Waals surface area contributed by atoms with Gasteiger partial charge in [0.2, 0.25) is 27.7 Å². The Labute approximate surface area is 335 Å². The smallest absolute Gasteiger partial charge is 0.407 e. The fourth-order valence-corrected chi connectivity index (χ4v) is 9.14. The highest BCUT2D eigenvalue weighted by molar-refractivity contribution is 7.91. The van der Waals surface area contributed by atoms with Crippen molar-refractivity contribution in [3.8, 4) is 22.9 Å². The van der Waals surface area contributed by atoms with E-state index < -0.39 is 79.8 Å². The number of fused-ring (bicyclic) bond motifs is 10. The van der Waals surface area contributed by atoms with Crippen LogP contribution in [0.4, 0.5) is 9.18 Å². The number of para-hydroxylation sites is 2. The van der Waals surface area contributed by atoms with Crippen molar-refractivity contribution in [2.24, 2.45) is 17.3 Å². The molecule has 58 heavy (non-hydrogen) atoms. The highest BCUT2D eigenvalue weighted by atomic mass is 32.2. The number of carbonyl (C=O) groups excluding carboxylic acids is 4. The Balaban J connectivity index is 1.21. The number of alkyl carbamates (subject to hydrolysis) is 1. The van der Waals surface area contributed by atoms with Gasteiger partial charge in [-0.05, 0) is 62.8 Å². The first-order valence-corrected chi connectivity index (χ1v) is 21.4. The highest BCUT2D eigenvalue weighted by Crippen LogP contribution is 2.46. The second kappa shape index (κ2) is 15.5. The molecule has 15 nitrogen and oxygen atoms in total. The molecule has 1 unspecified atom stereocenters. The zero-order valence-corrected chi connectivity index (χ0v) is 33.2. The van der Waals surface area contributed by atoms with Gasteiger partial charge in [-0.3, -0.25) is 19.1 Å². The van der Waals surface area contributed by atoms with E-state index in [2.05, 4.69) is 15.4 Å². The fraction of sp³-hybridized carbons (Fsp3) is 0.512. The molecule has 2 saturated carbocycles. The molecule has 5 aliphatic rings. The molecule has 17 heteroatoms. The van der Waals surface area contributed by atoms with E-state index in [1.54, 1.807) is 30.3 Å². The number of rotatable bonds is 3. The van der Waals surface area contributed by atoms with E-state index in [4.69, 9.17) is 24.2 Å². The molecule has 6 bridgehead atoms. The van der Waals surface area contributed by atoms with Gasteiger partial charge in [-0.15, -0.1) is 0 Å². The molecule has 2 aromatic carbocycles. The normalized spacial score (nSPS) is 28.3. The maximum Gasteiger partial charge on any atom is 0.407 e. The van der Waals surface area contributed by atoms with Crippen LogP contribution in [0.5, 0.6) is 11.6 Å². The molecular weight excluding hydrogens is 772 g/mol. The van der Waals surface area contributed by atoms with Gasteiger partial charge in [-0.1, -0.05) is 51.0 Å². The van der Waals surface area contributed by atoms with Gasteiger partial charge in [0.15, 0.2) is 0 Å². The van der Waals surface area contributed by atoms with Crippen LogP contribution in [0.1, 0.15) is 65.2 Å². The number of benzene rings is 2. The summed E-state index contributed by atoms with van der Waals surface area (Å²) in [5, 5.41) is 4.98. The van der Waals surface area contributed by atoms with Crippen molar-refractivity contribution in [3.63, 3.8) is 0 Å². The third-order valence-corrected chi connectivity index (χ3v) is 13.2. The van der Waals surface area contributed by atoms with E-state index in [0.29, 0.717) is 43.1 Å². The number of ether oxygens (including phenoxy) is 3. The Kier molecular flexibility index (Phi) is 10.5. The topological polar surface area (TPSA) is 195 Å². The van der Waals surface area contributed by atoms with Crippen LogP contribution >= 0.6 is 0 Å². The SMILES string of the molecule is CC1(C)COC(=O)N[C@H]2CCCCC/C=C/[C@@H]3C[C@]3(C(=O)NS(=O)(=O)C3CC3)NC(=O)C3CN(C[C@@H]3Oc3nc4ccccc4nc3-c3cc(F)cc(c3)OC1)C2=O. The van der Waals surface area contributed by atoms with Crippen LogP contribution in [0.25, 0.3) is 22.3 Å². The minimum atomic E-state index is -3.93. The number of amides is 4. The van der Waals surface area contributed by atoms with Crippen LogP contribution in [-0.4, -0.2) is 96.3 Å². The van der Waals surface area contributed by atoms with Crippen molar-refractivity contribution < 1.29 is 46.2 Å². The molecule has 2 aliphatic carbocycles. The lowest BCUT2D eigenvalue weighted by Crippen LogP contribution is -2.55. The van der Waals surface area contributed by atoms with E-state index in [0.717, 1.165) is 12.8 Å². The van der Waals surface area contributed by atoms with Crippen LogP contribution in [0.2, 0.25) is 0 Å². The van der Waals surface area contributed by atoms with Gasteiger partial charge in [-0.2, -0.15) is 0 Å². The Morgan fingerprint density at radius 2 is 1.72 bits per heavy atom. The average Bonchev–Trinajstić information content (AvgIpc) is 4.11. The van der Waals surface area contributed by atoms with Gasteiger partial charge in [0.05, 0.1) is 35.4 Å². The van der Waals surface area contributed by atoms with E-state index >= 15 is 4.39 Å². The van der Waals surface area contributed by atoms with Crippen LogP contribution in [0.3, 0.4) is 0 Å². The van der Waals surface area contributed by atoms with Crippen molar-refractivity contribution in [1.29, 1.82) is 0 Å². The van der Waals surface area contributed by atoms with E-state index in [9.17, 15) is 27.6 Å². The minimum absolute atomic E-state index is 0.0341. The predicted octanol–water partition coefficient (Wildman–Crippen LogP) is 4.16. The Hall–Kier alpha value is -5.32. The summed E-state index contributed by atoms with van der Waals surface area (Å²) >= 11 is 0. The standard InChI is InChI=1S/C41H47FN6O9S/c1-40(2)22-55-27-17-24(16-26(42)18-27)34-36(44-31-12-9-8-11-30(31)43-34)57-33-21-48-20-29(33)35(49)46-41(38(51)47-58(53,54)28-14-15-28)19-25(41)10-6-4-3-5-7-13-32(37(48)50)45-39(52)56-23-40/h6,8-12,16-18,25,28-29,32-33H,3-5,7,13-15,19-23H2,1-2H3,(H,45,52)(H,46,49)(H,47,51)/b10-6+/t25-,29?,32+,33+,41+/m1/s1. The summed E-state index contributed by atoms with van der Waals surface area (Å²) in [6, 6.07) is 10.1. The average molecular weight is 819 g/mol. The summed E-state index contributed by atoms with van der Waals surface area (Å²) in [4.78, 5) is 67.1. The number of carbonyl (C=O) groups is 4. The number of sulfonamides is 1. The summed E-state index contributed by atoms with van der Waals surface area (Å²) in [7, 11) is -3.93. The Morgan fingerprint density at radius 3 is 2.50 bits per heavy atom. The number of hydrogen-bond acceptors (Lipinski definition) is 11. The van der Waals surface area contributed by atoms with Crippen LogP contribution in [-0.2, 0) is 29.1 Å². The molecule has 3 N–H and O–H groups in total. The molecule has 308 valence electrons. The summed E-state index contributed by atoms with van der Waals surface area (Å²) in [6.45, 7) is 3.33. The Bertz CT molecular complexity index is 2280. The molecule has 1 aromatic heterocycles. The number of halogens is 1. The van der Waals surface area contributed by atoms with Gasteiger partial charge in [-0.25, -0.2) is 27.6 Å². The number of aromatic nitrogens is 2. The molecule has 0 radical (unpaired) electrons. The Morgan fingerprint density at radius 1 is 0.966 bits per heavy atom. The zero-order chi connectivity index (χ0) is 40.8. The fourth-order valence-electron chi connectivity index (χ4n) is 7.77. The summed E-state index contributed by atoms with van der Waals surface area (Å²) < 4.78 is 61.6. The highest BCUT2D eigenvalue weighted by Gasteiger charge is 2.62. The molecule has 4 heterocycles. The molecule has 4 amide bonds. The summed E-state index contributed by atoms with van der Waals surface area (Å²) in [5.74, 6) is -3.96. The molecule has 5 atom stereocenters. The largest absolute Gasteiger partial charge is 0.493 e. The molecule has 8 rings (SSSR count). The van der Waals surface area contributed by atoms with Crippen LogP contribution in [0.15, 0.2) is 54.6 Å². The van der Waals surface area contributed by atoms with Crippen LogP contribution in [0, 0.1) is 23.1 Å². The van der Waals surface area contributed by atoms with Crippen molar-refractivity contribution in [3.05, 3.63) is 60.4 Å². The summed E-state index contributed by atoms with van der Waals surface area (Å²) in [6.07, 6.45) is 6.02. The third-order valence-electron chi connectivity index (χ3n) is 11.4. The quantitative estimate of drug-likeness (QED) is 0.321. The number of cyclic esters (lactones) is 1. The van der Waals surface area contributed by atoms with Crippen LogP contribution < -0.4 is 24.8 Å². The number of hydrogen-bond donors (Lipinski definition) is 3. The summed E-state index contributed by atoms with van der Waals surface area (Å²) in [5.41, 5.74) is -0.882. The molecule has 3 aromatic rings. The van der Waals surface area contributed by atoms with Gasteiger partial charge >= 0.3 is 6.09 Å². The first-order valence-electron chi connectivity index (χ1n) is 19.8. The van der Waals surface area contributed by atoms with Gasteiger partial charge in [0, 0.05) is 29.5 Å².